The summed E-state index contributed by atoms with van der Waals surface area (Å²) >= 11 is 0. The lowest BCUT2D eigenvalue weighted by molar-refractivity contribution is -0.00786. The molecule has 1 aliphatic carbocycles. The van der Waals surface area contributed by atoms with Gasteiger partial charge in [-0.25, -0.2) is 0 Å². The summed E-state index contributed by atoms with van der Waals surface area (Å²) in [4.78, 5) is 12.0. The second-order valence-corrected chi connectivity index (χ2v) is 5.96. The number of hydrogen-bond donors (Lipinski definition) is 4. The molecule has 21 heavy (non-hydrogen) atoms. The highest BCUT2D eigenvalue weighted by molar-refractivity contribution is 5.94. The van der Waals surface area contributed by atoms with Crippen LogP contribution in [0.25, 0.3) is 0 Å². The van der Waals surface area contributed by atoms with Crippen molar-refractivity contribution in [3.63, 3.8) is 0 Å². The molecule has 1 aromatic carbocycles. The number of phenolic OH excluding ortho intramolecular Hbond substituents is 2. The van der Waals surface area contributed by atoms with E-state index >= 15 is 0 Å². The van der Waals surface area contributed by atoms with Crippen molar-refractivity contribution in [1.82, 2.24) is 5.32 Å². The minimum absolute atomic E-state index is 0.212. The van der Waals surface area contributed by atoms with E-state index in [2.05, 4.69) is 12.2 Å². The van der Waals surface area contributed by atoms with Crippen LogP contribution in [0.3, 0.4) is 0 Å². The largest absolute Gasteiger partial charge is 0.504 e. The number of hydrogen-bond acceptors (Lipinski definition) is 4. The third kappa shape index (κ3) is 3.88. The van der Waals surface area contributed by atoms with Gasteiger partial charge in [-0.3, -0.25) is 4.79 Å². The molecule has 1 amide bonds. The summed E-state index contributed by atoms with van der Waals surface area (Å²) in [5, 5.41) is 31.8. The molecule has 1 aliphatic rings. The minimum atomic E-state index is -0.833. The van der Waals surface area contributed by atoms with Crippen LogP contribution in [0.1, 0.15) is 49.4 Å². The van der Waals surface area contributed by atoms with Gasteiger partial charge in [-0.2, -0.15) is 0 Å². The van der Waals surface area contributed by atoms with Crippen LogP contribution < -0.4 is 5.32 Å². The van der Waals surface area contributed by atoms with E-state index < -0.39 is 5.60 Å². The second kappa shape index (κ2) is 6.35. The first kappa shape index (κ1) is 15.6. The van der Waals surface area contributed by atoms with Crippen LogP contribution in [0.5, 0.6) is 11.5 Å². The lowest BCUT2D eigenvalue weighted by atomic mass is 9.78. The average molecular weight is 293 g/mol. The number of amides is 1. The fourth-order valence-corrected chi connectivity index (χ4v) is 2.81. The molecular formula is C16H23NO4. The van der Waals surface area contributed by atoms with Crippen molar-refractivity contribution in [2.24, 2.45) is 5.92 Å². The Morgan fingerprint density at radius 3 is 2.52 bits per heavy atom. The summed E-state index contributed by atoms with van der Waals surface area (Å²) < 4.78 is 0. The highest BCUT2D eigenvalue weighted by atomic mass is 16.3. The van der Waals surface area contributed by atoms with Gasteiger partial charge in [0.15, 0.2) is 11.5 Å². The maximum Gasteiger partial charge on any atom is 0.251 e. The normalized spacial score (nSPS) is 25.5. The molecular weight excluding hydrogens is 270 g/mol. The summed E-state index contributed by atoms with van der Waals surface area (Å²) in [5.41, 5.74) is -0.573. The fraction of sp³-hybridized carbons (Fsp3) is 0.562. The first-order chi connectivity index (χ1) is 9.93. The van der Waals surface area contributed by atoms with E-state index in [1.54, 1.807) is 0 Å². The molecule has 0 saturated heterocycles. The third-order valence-corrected chi connectivity index (χ3v) is 4.43. The molecule has 0 heterocycles. The molecule has 0 spiro atoms. The lowest BCUT2D eigenvalue weighted by Crippen LogP contribution is -2.45. The summed E-state index contributed by atoms with van der Waals surface area (Å²) in [6, 6.07) is 3.91. The van der Waals surface area contributed by atoms with Gasteiger partial charge in [-0.05, 0) is 49.8 Å². The molecule has 0 radical (unpaired) electrons. The van der Waals surface area contributed by atoms with Crippen LogP contribution in [0.15, 0.2) is 18.2 Å². The van der Waals surface area contributed by atoms with Gasteiger partial charge in [0, 0.05) is 12.1 Å². The van der Waals surface area contributed by atoms with Gasteiger partial charge >= 0.3 is 0 Å². The molecule has 0 aliphatic heterocycles. The van der Waals surface area contributed by atoms with Gasteiger partial charge in [0.05, 0.1) is 5.60 Å². The zero-order valence-corrected chi connectivity index (χ0v) is 12.3. The molecule has 0 unspecified atom stereocenters. The highest BCUT2D eigenvalue weighted by Crippen LogP contribution is 2.33. The molecule has 4 N–H and O–H groups in total. The molecule has 116 valence electrons. The van der Waals surface area contributed by atoms with E-state index in [4.69, 9.17) is 0 Å². The number of nitrogens with one attached hydrogen (secondary N) is 1. The Kier molecular flexibility index (Phi) is 4.73. The van der Waals surface area contributed by atoms with Crippen molar-refractivity contribution in [3.8, 4) is 11.5 Å². The Labute approximate surface area is 124 Å². The monoisotopic (exact) mass is 293 g/mol. The van der Waals surface area contributed by atoms with E-state index in [-0.39, 0.29) is 29.5 Å². The van der Waals surface area contributed by atoms with Gasteiger partial charge in [-0.1, -0.05) is 13.3 Å². The van der Waals surface area contributed by atoms with Crippen LogP contribution in [-0.4, -0.2) is 33.4 Å². The summed E-state index contributed by atoms with van der Waals surface area (Å²) in [5.74, 6) is -0.278. The Balaban J connectivity index is 1.90. The molecule has 2 rings (SSSR count). The minimum Gasteiger partial charge on any atom is -0.504 e. The van der Waals surface area contributed by atoms with Gasteiger partial charge in [-0.15, -0.1) is 0 Å². The fourth-order valence-electron chi connectivity index (χ4n) is 2.81. The van der Waals surface area contributed by atoms with E-state index in [1.807, 2.05) is 0 Å². The number of phenols is 2. The molecule has 0 atom stereocenters. The smallest absolute Gasteiger partial charge is 0.251 e. The van der Waals surface area contributed by atoms with E-state index in [1.165, 1.54) is 18.2 Å². The van der Waals surface area contributed by atoms with Crippen LogP contribution in [0.4, 0.5) is 0 Å². The van der Waals surface area contributed by atoms with E-state index in [0.717, 1.165) is 19.3 Å². The molecule has 0 aromatic heterocycles. The van der Waals surface area contributed by atoms with Crippen LogP contribution >= 0.6 is 0 Å². The van der Waals surface area contributed by atoms with Gasteiger partial charge in [0.25, 0.3) is 5.91 Å². The number of benzene rings is 1. The van der Waals surface area contributed by atoms with Crippen molar-refractivity contribution in [2.45, 2.75) is 44.6 Å². The van der Waals surface area contributed by atoms with Gasteiger partial charge in [0.1, 0.15) is 0 Å². The summed E-state index contributed by atoms with van der Waals surface area (Å²) in [7, 11) is 0. The molecule has 5 nitrogen and oxygen atoms in total. The zero-order valence-electron chi connectivity index (χ0n) is 12.3. The van der Waals surface area contributed by atoms with Gasteiger partial charge in [0.2, 0.25) is 0 Å². The molecule has 1 aromatic rings. The molecule has 5 heteroatoms. The third-order valence-electron chi connectivity index (χ3n) is 4.43. The maximum absolute atomic E-state index is 12.0. The van der Waals surface area contributed by atoms with Crippen LogP contribution in [0, 0.1) is 5.92 Å². The maximum atomic E-state index is 12.0. The lowest BCUT2D eigenvalue weighted by Gasteiger charge is -2.35. The first-order valence-electron chi connectivity index (χ1n) is 7.46. The van der Waals surface area contributed by atoms with Crippen LogP contribution in [0.2, 0.25) is 0 Å². The van der Waals surface area contributed by atoms with E-state index in [9.17, 15) is 20.1 Å². The highest BCUT2D eigenvalue weighted by Gasteiger charge is 2.32. The van der Waals surface area contributed by atoms with E-state index in [0.29, 0.717) is 18.8 Å². The Bertz CT molecular complexity index is 507. The molecule has 1 fully saturated rings. The predicted octanol–water partition coefficient (Wildman–Crippen LogP) is 2.16. The average Bonchev–Trinajstić information content (AvgIpc) is 2.48. The standard InChI is InChI=1S/C16H23NO4/c1-2-11-5-7-16(21,8-6-11)10-17-15(20)12-3-4-13(18)14(19)9-12/h3-4,9,11,18-19,21H,2,5-8,10H2,1H3,(H,17,20). The quantitative estimate of drug-likeness (QED) is 0.640. The number of aliphatic hydroxyl groups is 1. The van der Waals surface area contributed by atoms with Crippen molar-refractivity contribution < 1.29 is 20.1 Å². The van der Waals surface area contributed by atoms with Crippen molar-refractivity contribution in [1.29, 1.82) is 0 Å². The predicted molar refractivity (Wildman–Crippen MR) is 79.3 cm³/mol. The first-order valence-corrected chi connectivity index (χ1v) is 7.46. The Morgan fingerprint density at radius 1 is 1.29 bits per heavy atom. The number of rotatable bonds is 4. The Hall–Kier alpha value is -1.75. The Morgan fingerprint density at radius 2 is 1.95 bits per heavy atom. The SMILES string of the molecule is CCC1CCC(O)(CNC(=O)c2ccc(O)c(O)c2)CC1. The topological polar surface area (TPSA) is 89.8 Å². The van der Waals surface area contributed by atoms with Gasteiger partial charge < -0.3 is 20.6 Å². The number of carbonyl (C=O) groups excluding carboxylic acids is 1. The zero-order chi connectivity index (χ0) is 15.5. The molecule has 1 saturated carbocycles. The second-order valence-electron chi connectivity index (χ2n) is 5.96. The number of aromatic hydroxyl groups is 2. The van der Waals surface area contributed by atoms with Crippen molar-refractivity contribution in [3.05, 3.63) is 23.8 Å². The van der Waals surface area contributed by atoms with Crippen LogP contribution in [-0.2, 0) is 0 Å². The summed E-state index contributed by atoms with van der Waals surface area (Å²) in [6.45, 7) is 2.37. The molecule has 0 bridgehead atoms. The van der Waals surface area contributed by atoms with Crippen molar-refractivity contribution in [2.75, 3.05) is 6.54 Å². The number of carbonyl (C=O) groups is 1. The van der Waals surface area contributed by atoms with Crippen molar-refractivity contribution >= 4 is 5.91 Å². The summed E-state index contributed by atoms with van der Waals surface area (Å²) in [6.07, 6.45) is 4.51.